The maximum Gasteiger partial charge on any atom is 0.420 e. The lowest BCUT2D eigenvalue weighted by atomic mass is 10.2. The third-order valence-corrected chi connectivity index (χ3v) is 1.57. The Bertz CT molecular complexity index is 372. The zero-order chi connectivity index (χ0) is 11.6. The molecule has 0 aliphatic rings. The van der Waals surface area contributed by atoms with Crippen molar-refractivity contribution in [3.8, 4) is 0 Å². The Morgan fingerprint density at radius 1 is 1.67 bits per heavy atom. The molecule has 0 aromatic carbocycles. The van der Waals surface area contributed by atoms with Crippen molar-refractivity contribution in [2.24, 2.45) is 0 Å². The van der Waals surface area contributed by atoms with E-state index in [1.165, 1.54) is 6.92 Å². The number of nitrogens with two attached hydrogens (primary N) is 1. The smallest absolute Gasteiger partial charge is 0.420 e. The quantitative estimate of drug-likeness (QED) is 0.594. The standard InChI is InChI=1S/C7H8F3N3O2/c1-2-15-6(14)5-4(7(8,9)10)3-12-13(5)11/h3H,2,11H2,1H3. The lowest BCUT2D eigenvalue weighted by Gasteiger charge is -2.07. The van der Waals surface area contributed by atoms with E-state index in [4.69, 9.17) is 5.84 Å². The summed E-state index contributed by atoms with van der Waals surface area (Å²) in [6, 6.07) is 0. The number of rotatable bonds is 2. The van der Waals surface area contributed by atoms with Crippen LogP contribution in [0.2, 0.25) is 0 Å². The molecule has 0 fully saturated rings. The number of nitrogen functional groups attached to an aromatic ring is 1. The zero-order valence-corrected chi connectivity index (χ0v) is 7.71. The van der Waals surface area contributed by atoms with Crippen LogP contribution in [-0.2, 0) is 10.9 Å². The molecule has 0 spiro atoms. The van der Waals surface area contributed by atoms with Crippen LogP contribution in [0.5, 0.6) is 0 Å². The fourth-order valence-corrected chi connectivity index (χ4v) is 0.973. The number of hydrogen-bond donors (Lipinski definition) is 1. The van der Waals surface area contributed by atoms with Gasteiger partial charge in [-0.05, 0) is 6.92 Å². The molecule has 84 valence electrons. The van der Waals surface area contributed by atoms with Gasteiger partial charge >= 0.3 is 12.1 Å². The first-order chi connectivity index (χ1) is 6.88. The second-order valence-corrected chi connectivity index (χ2v) is 2.57. The van der Waals surface area contributed by atoms with Gasteiger partial charge in [0.15, 0.2) is 5.69 Å². The number of hydrogen-bond acceptors (Lipinski definition) is 4. The maximum absolute atomic E-state index is 12.3. The van der Waals surface area contributed by atoms with Crippen molar-refractivity contribution in [1.29, 1.82) is 0 Å². The minimum absolute atomic E-state index is 0.0404. The molecule has 0 bridgehead atoms. The maximum atomic E-state index is 12.3. The minimum Gasteiger partial charge on any atom is -0.461 e. The molecule has 1 aromatic rings. The van der Waals surface area contributed by atoms with Crippen LogP contribution in [-0.4, -0.2) is 22.5 Å². The van der Waals surface area contributed by atoms with Gasteiger partial charge < -0.3 is 10.6 Å². The van der Waals surface area contributed by atoms with Gasteiger partial charge in [0.2, 0.25) is 0 Å². The van der Waals surface area contributed by atoms with Crippen molar-refractivity contribution < 1.29 is 22.7 Å². The van der Waals surface area contributed by atoms with Gasteiger partial charge in [-0.25, -0.2) is 4.79 Å². The number of esters is 1. The molecule has 0 aliphatic carbocycles. The van der Waals surface area contributed by atoms with E-state index in [1.54, 1.807) is 0 Å². The van der Waals surface area contributed by atoms with Crippen LogP contribution in [0.3, 0.4) is 0 Å². The molecule has 15 heavy (non-hydrogen) atoms. The molecule has 1 aromatic heterocycles. The third-order valence-electron chi connectivity index (χ3n) is 1.57. The van der Waals surface area contributed by atoms with E-state index in [9.17, 15) is 18.0 Å². The Kier molecular flexibility index (Phi) is 2.87. The Hall–Kier alpha value is -1.73. The molecule has 0 amide bonds. The lowest BCUT2D eigenvalue weighted by Crippen LogP contribution is -2.22. The van der Waals surface area contributed by atoms with Crippen LogP contribution < -0.4 is 5.84 Å². The van der Waals surface area contributed by atoms with Crippen LogP contribution in [0.4, 0.5) is 13.2 Å². The van der Waals surface area contributed by atoms with Crippen molar-refractivity contribution in [2.75, 3.05) is 12.4 Å². The summed E-state index contributed by atoms with van der Waals surface area (Å²) >= 11 is 0. The van der Waals surface area contributed by atoms with E-state index in [0.29, 0.717) is 11.0 Å². The molecule has 0 radical (unpaired) electrons. The molecular formula is C7H8F3N3O2. The minimum atomic E-state index is -4.68. The van der Waals surface area contributed by atoms with Crippen LogP contribution in [0.25, 0.3) is 0 Å². The summed E-state index contributed by atoms with van der Waals surface area (Å²) in [5, 5.41) is 3.16. The third kappa shape index (κ3) is 2.20. The summed E-state index contributed by atoms with van der Waals surface area (Å²) in [4.78, 5) is 11.5. The van der Waals surface area contributed by atoms with Crippen molar-refractivity contribution >= 4 is 5.97 Å². The SMILES string of the molecule is CCOC(=O)c1c(C(F)(F)F)cnn1N. The fraction of sp³-hybridized carbons (Fsp3) is 0.429. The van der Waals surface area contributed by atoms with Gasteiger partial charge in [-0.15, -0.1) is 0 Å². The molecule has 0 saturated carbocycles. The highest BCUT2D eigenvalue weighted by atomic mass is 19.4. The predicted molar refractivity (Wildman–Crippen MR) is 43.3 cm³/mol. The van der Waals surface area contributed by atoms with E-state index in [2.05, 4.69) is 9.84 Å². The molecule has 2 N–H and O–H groups in total. The summed E-state index contributed by atoms with van der Waals surface area (Å²) in [5.74, 6) is 3.93. The van der Waals surface area contributed by atoms with E-state index < -0.39 is 23.4 Å². The fourth-order valence-electron chi connectivity index (χ4n) is 0.973. The summed E-state index contributed by atoms with van der Waals surface area (Å²) in [5.41, 5.74) is -2.01. The van der Waals surface area contributed by atoms with E-state index in [-0.39, 0.29) is 6.61 Å². The van der Waals surface area contributed by atoms with E-state index in [1.807, 2.05) is 0 Å². The number of carbonyl (C=O) groups is 1. The Labute approximate surface area is 82.6 Å². The first-order valence-electron chi connectivity index (χ1n) is 3.95. The highest BCUT2D eigenvalue weighted by Gasteiger charge is 2.39. The van der Waals surface area contributed by atoms with Crippen LogP contribution >= 0.6 is 0 Å². The average Bonchev–Trinajstić information content (AvgIpc) is 2.46. The molecule has 0 aliphatic heterocycles. The highest BCUT2D eigenvalue weighted by Crippen LogP contribution is 2.31. The summed E-state index contributed by atoms with van der Waals surface area (Å²) in [7, 11) is 0. The van der Waals surface area contributed by atoms with Crippen molar-refractivity contribution in [1.82, 2.24) is 9.89 Å². The number of carbonyl (C=O) groups excluding carboxylic acids is 1. The Morgan fingerprint density at radius 2 is 2.27 bits per heavy atom. The van der Waals surface area contributed by atoms with E-state index in [0.717, 1.165) is 0 Å². The number of ether oxygens (including phenoxy) is 1. The monoisotopic (exact) mass is 223 g/mol. The zero-order valence-electron chi connectivity index (χ0n) is 7.71. The van der Waals surface area contributed by atoms with Gasteiger partial charge in [0.1, 0.15) is 5.56 Å². The molecule has 8 heteroatoms. The van der Waals surface area contributed by atoms with Crippen LogP contribution in [0, 0.1) is 0 Å². The van der Waals surface area contributed by atoms with Crippen molar-refractivity contribution in [3.63, 3.8) is 0 Å². The summed E-state index contributed by atoms with van der Waals surface area (Å²) in [6.45, 7) is 1.43. The average molecular weight is 223 g/mol. The Balaban J connectivity index is 3.16. The highest BCUT2D eigenvalue weighted by molar-refractivity contribution is 5.89. The van der Waals surface area contributed by atoms with Crippen LogP contribution in [0.15, 0.2) is 6.20 Å². The van der Waals surface area contributed by atoms with Gasteiger partial charge in [0, 0.05) is 0 Å². The largest absolute Gasteiger partial charge is 0.461 e. The topological polar surface area (TPSA) is 70.1 Å². The predicted octanol–water partition coefficient (Wildman–Crippen LogP) is 0.792. The molecule has 0 atom stereocenters. The van der Waals surface area contributed by atoms with Gasteiger partial charge in [-0.2, -0.15) is 23.1 Å². The second-order valence-electron chi connectivity index (χ2n) is 2.57. The molecule has 1 heterocycles. The normalized spacial score (nSPS) is 11.5. The first kappa shape index (κ1) is 11.3. The number of alkyl halides is 3. The molecule has 5 nitrogen and oxygen atoms in total. The molecule has 0 unspecified atom stereocenters. The Morgan fingerprint density at radius 3 is 2.73 bits per heavy atom. The number of nitrogens with zero attached hydrogens (tertiary/aromatic N) is 2. The molecule has 0 saturated heterocycles. The van der Waals surface area contributed by atoms with Crippen molar-refractivity contribution in [3.05, 3.63) is 17.5 Å². The number of halogens is 3. The summed E-state index contributed by atoms with van der Waals surface area (Å²) < 4.78 is 41.5. The second kappa shape index (κ2) is 3.79. The summed E-state index contributed by atoms with van der Waals surface area (Å²) in [6.07, 6.45) is -4.20. The van der Waals surface area contributed by atoms with E-state index >= 15 is 0 Å². The molecule has 1 rings (SSSR count). The van der Waals surface area contributed by atoms with Gasteiger partial charge in [0.05, 0.1) is 12.8 Å². The van der Waals surface area contributed by atoms with Crippen LogP contribution in [0.1, 0.15) is 23.0 Å². The molecular weight excluding hydrogens is 215 g/mol. The van der Waals surface area contributed by atoms with Gasteiger partial charge in [-0.3, -0.25) is 0 Å². The lowest BCUT2D eigenvalue weighted by molar-refractivity contribution is -0.138. The van der Waals surface area contributed by atoms with Gasteiger partial charge in [0.25, 0.3) is 0 Å². The van der Waals surface area contributed by atoms with Gasteiger partial charge in [-0.1, -0.05) is 0 Å². The first-order valence-corrected chi connectivity index (χ1v) is 3.95. The van der Waals surface area contributed by atoms with Crippen molar-refractivity contribution in [2.45, 2.75) is 13.1 Å². The number of aromatic nitrogens is 2.